The van der Waals surface area contributed by atoms with Gasteiger partial charge in [-0.1, -0.05) is 42.1 Å². The number of aliphatic carboxylic acids is 1. The van der Waals surface area contributed by atoms with Gasteiger partial charge in [0, 0.05) is 11.3 Å². The molecule has 4 rings (SSSR count). The van der Waals surface area contributed by atoms with E-state index in [1.807, 2.05) is 30.3 Å². The molecule has 29 heavy (non-hydrogen) atoms. The third-order valence-corrected chi connectivity index (χ3v) is 5.17. The molecule has 0 unspecified atom stereocenters. The Bertz CT molecular complexity index is 1230. The Morgan fingerprint density at radius 1 is 1.28 bits per heavy atom. The van der Waals surface area contributed by atoms with E-state index in [9.17, 15) is 15.0 Å². The van der Waals surface area contributed by atoms with Crippen molar-refractivity contribution in [3.8, 4) is 17.1 Å². The normalized spacial score (nSPS) is 11.5. The van der Waals surface area contributed by atoms with Crippen LogP contribution in [0.4, 0.5) is 0 Å². The van der Waals surface area contributed by atoms with Gasteiger partial charge in [-0.2, -0.15) is 9.78 Å². The van der Waals surface area contributed by atoms with E-state index in [0.717, 1.165) is 22.5 Å². The Hall–Kier alpha value is -3.59. The zero-order valence-electron chi connectivity index (χ0n) is 15.3. The van der Waals surface area contributed by atoms with E-state index >= 15 is 0 Å². The van der Waals surface area contributed by atoms with Gasteiger partial charge < -0.3 is 19.4 Å². The van der Waals surface area contributed by atoms with Gasteiger partial charge in [0.05, 0.1) is 24.0 Å². The number of nitrogens with zero attached hydrogens (tertiary/aromatic N) is 4. The first-order valence-corrected chi connectivity index (χ1v) is 9.60. The lowest BCUT2D eigenvalue weighted by Gasteiger charge is -2.07. The van der Waals surface area contributed by atoms with Crippen molar-refractivity contribution in [1.29, 1.82) is 0 Å². The highest BCUT2D eigenvalue weighted by atomic mass is 32.2. The molecule has 2 aromatic heterocycles. The summed E-state index contributed by atoms with van der Waals surface area (Å²) in [6, 6.07) is 12.8. The predicted octanol–water partition coefficient (Wildman–Crippen LogP) is 2.43. The smallest absolute Gasteiger partial charge is 0.212 e. The number of aromatic nitrogens is 3. The molecule has 0 radical (unpaired) electrons. The van der Waals surface area contributed by atoms with Crippen LogP contribution in [0.5, 0.6) is 5.75 Å². The molecule has 0 spiro atoms. The van der Waals surface area contributed by atoms with Crippen LogP contribution < -0.4 is 5.11 Å². The number of phenols is 1. The number of carbonyl (C=O) groups excluding carboxylic acids is 1. The quantitative estimate of drug-likeness (QED) is 0.385. The van der Waals surface area contributed by atoms with E-state index in [1.54, 1.807) is 19.1 Å². The molecule has 0 amide bonds. The lowest BCUT2D eigenvalue weighted by Crippen LogP contribution is -2.24. The Morgan fingerprint density at radius 2 is 2.10 bits per heavy atom. The summed E-state index contributed by atoms with van der Waals surface area (Å²) in [6.07, 6.45) is 3.03. The first-order valence-electron chi connectivity index (χ1n) is 8.62. The lowest BCUT2D eigenvalue weighted by atomic mass is 10.0. The van der Waals surface area contributed by atoms with Crippen LogP contribution in [0.25, 0.3) is 22.2 Å². The Morgan fingerprint density at radius 3 is 2.86 bits per heavy atom. The number of thioether (sulfide) groups is 1. The van der Waals surface area contributed by atoms with Crippen molar-refractivity contribution in [2.45, 2.75) is 12.1 Å². The molecule has 0 bridgehead atoms. The first-order chi connectivity index (χ1) is 14.0. The van der Waals surface area contributed by atoms with Gasteiger partial charge in [-0.05, 0) is 29.8 Å². The summed E-state index contributed by atoms with van der Waals surface area (Å²) in [4.78, 5) is 10.9. The number of phenolic OH excluding ortho intramolecular Hbond substituents is 1. The van der Waals surface area contributed by atoms with Crippen LogP contribution in [0, 0.1) is 6.92 Å². The molecule has 0 aliphatic carbocycles. The van der Waals surface area contributed by atoms with Gasteiger partial charge in [0.25, 0.3) is 0 Å². The second-order valence-corrected chi connectivity index (χ2v) is 7.08. The van der Waals surface area contributed by atoms with Gasteiger partial charge in [-0.3, -0.25) is 0 Å². The number of hydrogen-bond donors (Lipinski definition) is 1. The fourth-order valence-electron chi connectivity index (χ4n) is 2.90. The number of benzene rings is 2. The second kappa shape index (κ2) is 7.80. The molecule has 2 heterocycles. The topological polar surface area (TPSA) is 117 Å². The van der Waals surface area contributed by atoms with Gasteiger partial charge in [0.1, 0.15) is 11.5 Å². The maximum Gasteiger partial charge on any atom is 0.212 e. The van der Waals surface area contributed by atoms with Crippen molar-refractivity contribution < 1.29 is 19.4 Å². The number of carboxylic acids is 1. The van der Waals surface area contributed by atoms with Crippen molar-refractivity contribution in [1.82, 2.24) is 14.9 Å². The molecule has 4 aromatic rings. The molecule has 0 saturated heterocycles. The van der Waals surface area contributed by atoms with E-state index in [0.29, 0.717) is 22.7 Å². The minimum atomic E-state index is -1.22. The standard InChI is InChI=1S/C20H16N4O4S/c1-12-14(8-9-28-12)19-22-23-20(29-11-18(26)27)24(19)21-10-16-15-5-3-2-4-13(15)6-7-17(16)25/h2-10,25H,11H2,1H3,(H,26,27)/p-1/b21-10+. The van der Waals surface area contributed by atoms with Crippen LogP contribution >= 0.6 is 11.8 Å². The number of furan rings is 1. The van der Waals surface area contributed by atoms with Crippen LogP contribution in [0.1, 0.15) is 11.3 Å². The van der Waals surface area contributed by atoms with Crippen LogP contribution in [-0.4, -0.2) is 37.9 Å². The summed E-state index contributed by atoms with van der Waals surface area (Å²) in [5, 5.41) is 35.9. The fraction of sp³-hybridized carbons (Fsp3) is 0.100. The monoisotopic (exact) mass is 407 g/mol. The van der Waals surface area contributed by atoms with E-state index in [1.165, 1.54) is 17.2 Å². The number of rotatable bonds is 6. The van der Waals surface area contributed by atoms with Gasteiger partial charge >= 0.3 is 0 Å². The summed E-state index contributed by atoms with van der Waals surface area (Å²) in [5.74, 6) is -0.421. The summed E-state index contributed by atoms with van der Waals surface area (Å²) >= 11 is 0.943. The molecule has 146 valence electrons. The van der Waals surface area contributed by atoms with Crippen LogP contribution in [-0.2, 0) is 4.79 Å². The molecule has 2 aromatic carbocycles. The van der Waals surface area contributed by atoms with Crippen molar-refractivity contribution in [3.63, 3.8) is 0 Å². The molecule has 8 nitrogen and oxygen atoms in total. The zero-order valence-corrected chi connectivity index (χ0v) is 16.1. The predicted molar refractivity (Wildman–Crippen MR) is 107 cm³/mol. The third-order valence-electron chi connectivity index (χ3n) is 4.28. The number of aromatic hydroxyl groups is 1. The summed E-state index contributed by atoms with van der Waals surface area (Å²) in [6.45, 7) is 1.78. The van der Waals surface area contributed by atoms with Gasteiger partial charge in [0.2, 0.25) is 5.16 Å². The summed E-state index contributed by atoms with van der Waals surface area (Å²) < 4.78 is 6.76. The molecular formula is C20H15N4O4S-. The van der Waals surface area contributed by atoms with E-state index in [-0.39, 0.29) is 16.7 Å². The van der Waals surface area contributed by atoms with Gasteiger partial charge in [-0.25, -0.2) is 0 Å². The Balaban J connectivity index is 1.82. The molecule has 0 atom stereocenters. The Kier molecular flexibility index (Phi) is 5.05. The van der Waals surface area contributed by atoms with Crippen LogP contribution in [0.15, 0.2) is 63.4 Å². The van der Waals surface area contributed by atoms with E-state index < -0.39 is 5.97 Å². The molecular weight excluding hydrogens is 392 g/mol. The first kappa shape index (κ1) is 18.8. The SMILES string of the molecule is Cc1occc1-c1nnc(SCC(=O)[O-])n1/N=C/c1c(O)ccc2ccccc12. The highest BCUT2D eigenvalue weighted by Crippen LogP contribution is 2.28. The number of carbonyl (C=O) groups is 1. The number of fused-ring (bicyclic) bond motifs is 1. The average Bonchev–Trinajstić information content (AvgIpc) is 3.31. The van der Waals surface area contributed by atoms with Gasteiger partial charge in [0.15, 0.2) is 5.82 Å². The van der Waals surface area contributed by atoms with E-state index in [4.69, 9.17) is 4.42 Å². The molecule has 0 aliphatic rings. The maximum atomic E-state index is 10.9. The third kappa shape index (κ3) is 3.72. The van der Waals surface area contributed by atoms with Crippen molar-refractivity contribution in [2.75, 3.05) is 5.75 Å². The van der Waals surface area contributed by atoms with Crippen LogP contribution in [0.2, 0.25) is 0 Å². The number of hydrogen-bond acceptors (Lipinski definition) is 8. The minimum Gasteiger partial charge on any atom is -0.549 e. The molecule has 0 aliphatic heterocycles. The summed E-state index contributed by atoms with van der Waals surface area (Å²) in [5.41, 5.74) is 1.21. The highest BCUT2D eigenvalue weighted by Gasteiger charge is 2.17. The lowest BCUT2D eigenvalue weighted by molar-refractivity contribution is -0.301. The summed E-state index contributed by atoms with van der Waals surface area (Å²) in [7, 11) is 0. The average molecular weight is 407 g/mol. The van der Waals surface area contributed by atoms with Crippen molar-refractivity contribution >= 4 is 34.7 Å². The Labute approximate surface area is 169 Å². The zero-order chi connectivity index (χ0) is 20.4. The van der Waals surface area contributed by atoms with Crippen molar-refractivity contribution in [3.05, 3.63) is 60.1 Å². The van der Waals surface area contributed by atoms with Gasteiger partial charge in [-0.15, -0.1) is 10.2 Å². The molecule has 0 saturated carbocycles. The second-order valence-electron chi connectivity index (χ2n) is 6.13. The fourth-order valence-corrected chi connectivity index (χ4v) is 3.50. The van der Waals surface area contributed by atoms with Crippen molar-refractivity contribution in [2.24, 2.45) is 5.10 Å². The molecule has 1 N–H and O–H groups in total. The molecule has 0 fully saturated rings. The minimum absolute atomic E-state index is 0.0745. The van der Waals surface area contributed by atoms with Crippen LogP contribution in [0.3, 0.4) is 0 Å². The number of aryl methyl sites for hydroxylation is 1. The maximum absolute atomic E-state index is 10.9. The number of carboxylic acid groups (broad SMARTS) is 1. The molecule has 9 heteroatoms. The van der Waals surface area contributed by atoms with E-state index in [2.05, 4.69) is 15.3 Å². The highest BCUT2D eigenvalue weighted by molar-refractivity contribution is 7.99. The largest absolute Gasteiger partial charge is 0.549 e.